The van der Waals surface area contributed by atoms with E-state index in [1.807, 2.05) is 26.0 Å². The molecular weight excluding hydrogens is 214 g/mol. The molecule has 1 N–H and O–H groups in total. The van der Waals surface area contributed by atoms with Crippen molar-refractivity contribution in [2.75, 3.05) is 13.7 Å². The number of hydrogen-bond donors (Lipinski definition) is 1. The largest absolute Gasteiger partial charge is 0.496 e. The Hall–Kier alpha value is -1.35. The zero-order valence-corrected chi connectivity index (χ0v) is 10.7. The van der Waals surface area contributed by atoms with Crippen molar-refractivity contribution < 1.29 is 9.53 Å². The number of ether oxygens (including phenoxy) is 1. The first-order chi connectivity index (χ1) is 8.11. The molecule has 0 atom stereocenters. The van der Waals surface area contributed by atoms with Gasteiger partial charge in [-0.2, -0.15) is 0 Å². The summed E-state index contributed by atoms with van der Waals surface area (Å²) in [6, 6.07) is 4.40. The van der Waals surface area contributed by atoms with Crippen molar-refractivity contribution in [3.05, 3.63) is 28.8 Å². The van der Waals surface area contributed by atoms with Gasteiger partial charge in [0.05, 0.1) is 19.2 Å². The molecule has 92 valence electrons. The molecular formula is C14H19NO2. The second-order valence-electron chi connectivity index (χ2n) is 4.72. The Balaban J connectivity index is 2.16. The maximum Gasteiger partial charge on any atom is 0.180 e. The van der Waals surface area contributed by atoms with Crippen LogP contribution in [-0.4, -0.2) is 25.5 Å². The predicted molar refractivity (Wildman–Crippen MR) is 67.8 cm³/mol. The molecule has 3 heteroatoms. The first kappa shape index (κ1) is 12.1. The van der Waals surface area contributed by atoms with E-state index >= 15 is 0 Å². The highest BCUT2D eigenvalue weighted by Crippen LogP contribution is 2.24. The summed E-state index contributed by atoms with van der Waals surface area (Å²) in [6.07, 6.45) is 2.38. The summed E-state index contributed by atoms with van der Waals surface area (Å²) in [5.74, 6) is 0.785. The summed E-state index contributed by atoms with van der Waals surface area (Å²) >= 11 is 0. The fraction of sp³-hybridized carbons (Fsp3) is 0.500. The maximum atomic E-state index is 12.1. The van der Waals surface area contributed by atoms with E-state index in [1.54, 1.807) is 7.11 Å². The third-order valence-electron chi connectivity index (χ3n) is 3.24. The molecule has 0 unspecified atom stereocenters. The standard InChI is InChI=1S/C14H19NO2/c1-9-6-12(14(17-3)7-10(9)2)13(16)8-15-11-4-5-11/h6-7,11,15H,4-5,8H2,1-3H3. The number of methoxy groups -OCH3 is 1. The summed E-state index contributed by atoms with van der Waals surface area (Å²) < 4.78 is 5.28. The van der Waals surface area contributed by atoms with Crippen LogP contribution in [0.1, 0.15) is 34.3 Å². The Labute approximate surface area is 102 Å². The van der Waals surface area contributed by atoms with Crippen molar-refractivity contribution in [2.24, 2.45) is 0 Å². The van der Waals surface area contributed by atoms with Gasteiger partial charge in [-0.1, -0.05) is 0 Å². The van der Waals surface area contributed by atoms with Gasteiger partial charge in [-0.15, -0.1) is 0 Å². The number of carbonyl (C=O) groups is 1. The van der Waals surface area contributed by atoms with Crippen molar-refractivity contribution in [3.8, 4) is 5.75 Å². The molecule has 0 heterocycles. The van der Waals surface area contributed by atoms with E-state index in [2.05, 4.69) is 5.32 Å². The molecule has 3 nitrogen and oxygen atoms in total. The van der Waals surface area contributed by atoms with Gasteiger partial charge in [-0.25, -0.2) is 0 Å². The highest BCUT2D eigenvalue weighted by molar-refractivity contribution is 6.00. The normalized spacial score (nSPS) is 14.8. The maximum absolute atomic E-state index is 12.1. The Morgan fingerprint density at radius 1 is 1.35 bits per heavy atom. The smallest absolute Gasteiger partial charge is 0.180 e. The summed E-state index contributed by atoms with van der Waals surface area (Å²) in [7, 11) is 1.61. The minimum absolute atomic E-state index is 0.108. The minimum Gasteiger partial charge on any atom is -0.496 e. The Morgan fingerprint density at radius 3 is 2.59 bits per heavy atom. The van der Waals surface area contributed by atoms with E-state index in [4.69, 9.17) is 4.74 Å². The fourth-order valence-electron chi connectivity index (χ4n) is 1.80. The van der Waals surface area contributed by atoms with Crippen molar-refractivity contribution in [1.29, 1.82) is 0 Å². The minimum atomic E-state index is 0.108. The third-order valence-corrected chi connectivity index (χ3v) is 3.24. The molecule has 17 heavy (non-hydrogen) atoms. The Kier molecular flexibility index (Phi) is 3.48. The molecule has 0 saturated heterocycles. The highest BCUT2D eigenvalue weighted by Gasteiger charge is 2.22. The van der Waals surface area contributed by atoms with Gasteiger partial charge in [-0.3, -0.25) is 4.79 Å². The van der Waals surface area contributed by atoms with Crippen molar-refractivity contribution >= 4 is 5.78 Å². The molecule has 1 aliphatic carbocycles. The topological polar surface area (TPSA) is 38.3 Å². The number of nitrogens with one attached hydrogen (secondary N) is 1. The van der Waals surface area contributed by atoms with Gasteiger partial charge >= 0.3 is 0 Å². The number of carbonyl (C=O) groups excluding carboxylic acids is 1. The van der Waals surface area contributed by atoms with Gasteiger partial charge in [0.2, 0.25) is 0 Å². The van der Waals surface area contributed by atoms with Crippen LogP contribution in [-0.2, 0) is 0 Å². The monoisotopic (exact) mass is 233 g/mol. The van der Waals surface area contributed by atoms with Crippen LogP contribution >= 0.6 is 0 Å². The predicted octanol–water partition coefficient (Wildman–Crippen LogP) is 2.25. The number of Topliss-reactive ketones (excluding diaryl/α,β-unsaturated/α-hetero) is 1. The number of ketones is 1. The van der Waals surface area contributed by atoms with Gasteiger partial charge in [0, 0.05) is 6.04 Å². The molecule has 1 aromatic rings. The van der Waals surface area contributed by atoms with Crippen molar-refractivity contribution in [3.63, 3.8) is 0 Å². The Bertz CT molecular complexity index is 436. The molecule has 0 radical (unpaired) electrons. The van der Waals surface area contributed by atoms with E-state index in [9.17, 15) is 4.79 Å². The van der Waals surface area contributed by atoms with Crippen LogP contribution < -0.4 is 10.1 Å². The average molecular weight is 233 g/mol. The van der Waals surface area contributed by atoms with Crippen LogP contribution in [0.5, 0.6) is 5.75 Å². The third kappa shape index (κ3) is 2.86. The van der Waals surface area contributed by atoms with E-state index in [0.717, 1.165) is 11.1 Å². The molecule has 0 aromatic heterocycles. The molecule has 1 aromatic carbocycles. The highest BCUT2D eigenvalue weighted by atomic mass is 16.5. The first-order valence-electron chi connectivity index (χ1n) is 6.03. The zero-order valence-electron chi connectivity index (χ0n) is 10.7. The number of hydrogen-bond acceptors (Lipinski definition) is 3. The van der Waals surface area contributed by atoms with Crippen molar-refractivity contribution in [2.45, 2.75) is 32.7 Å². The lowest BCUT2D eigenvalue weighted by Crippen LogP contribution is -2.25. The Morgan fingerprint density at radius 2 is 2.00 bits per heavy atom. The second kappa shape index (κ2) is 4.88. The van der Waals surface area contributed by atoms with E-state index in [0.29, 0.717) is 23.9 Å². The first-order valence-corrected chi connectivity index (χ1v) is 6.03. The van der Waals surface area contributed by atoms with Gasteiger partial charge in [0.15, 0.2) is 5.78 Å². The molecule has 0 bridgehead atoms. The summed E-state index contributed by atoms with van der Waals surface area (Å²) in [5, 5.41) is 3.24. The molecule has 1 fully saturated rings. The summed E-state index contributed by atoms with van der Waals surface area (Å²) in [4.78, 5) is 12.1. The van der Waals surface area contributed by atoms with Crippen LogP contribution in [0.3, 0.4) is 0 Å². The lowest BCUT2D eigenvalue weighted by atomic mass is 10.0. The van der Waals surface area contributed by atoms with Gasteiger partial charge in [-0.05, 0) is 49.9 Å². The molecule has 2 rings (SSSR count). The van der Waals surface area contributed by atoms with Crippen LogP contribution in [0.4, 0.5) is 0 Å². The number of benzene rings is 1. The quantitative estimate of drug-likeness (QED) is 0.793. The lowest BCUT2D eigenvalue weighted by molar-refractivity contribution is 0.0987. The molecule has 0 spiro atoms. The van der Waals surface area contributed by atoms with Crippen molar-refractivity contribution in [1.82, 2.24) is 5.32 Å². The van der Waals surface area contributed by atoms with E-state index < -0.39 is 0 Å². The summed E-state index contributed by atoms with van der Waals surface area (Å²) in [6.45, 7) is 4.44. The second-order valence-corrected chi connectivity index (χ2v) is 4.72. The summed E-state index contributed by atoms with van der Waals surface area (Å²) in [5.41, 5.74) is 2.96. The molecule has 1 aliphatic rings. The molecule has 0 amide bonds. The average Bonchev–Trinajstić information content (AvgIpc) is 3.13. The van der Waals surface area contributed by atoms with Crippen LogP contribution in [0.15, 0.2) is 12.1 Å². The fourth-order valence-corrected chi connectivity index (χ4v) is 1.80. The molecule has 0 aliphatic heterocycles. The van der Waals surface area contributed by atoms with Crippen LogP contribution in [0.25, 0.3) is 0 Å². The zero-order chi connectivity index (χ0) is 12.4. The van der Waals surface area contributed by atoms with Crippen LogP contribution in [0.2, 0.25) is 0 Å². The number of rotatable bonds is 5. The number of aryl methyl sites for hydroxylation is 2. The van der Waals surface area contributed by atoms with E-state index in [-0.39, 0.29) is 5.78 Å². The van der Waals surface area contributed by atoms with Crippen LogP contribution in [0, 0.1) is 13.8 Å². The molecule has 1 saturated carbocycles. The SMILES string of the molecule is COc1cc(C)c(C)cc1C(=O)CNC1CC1. The lowest BCUT2D eigenvalue weighted by Gasteiger charge is -2.11. The van der Waals surface area contributed by atoms with Gasteiger partial charge < -0.3 is 10.1 Å². The van der Waals surface area contributed by atoms with Gasteiger partial charge in [0.1, 0.15) is 5.75 Å². The van der Waals surface area contributed by atoms with Gasteiger partial charge in [0.25, 0.3) is 0 Å². The van der Waals surface area contributed by atoms with E-state index in [1.165, 1.54) is 12.8 Å².